The molecule has 0 unspecified atom stereocenters. The van der Waals surface area contributed by atoms with Gasteiger partial charge in [0.1, 0.15) is 5.75 Å². The predicted octanol–water partition coefficient (Wildman–Crippen LogP) is 1.51. The van der Waals surface area contributed by atoms with Crippen LogP contribution in [0.15, 0.2) is 18.2 Å². The highest BCUT2D eigenvalue weighted by Gasteiger charge is 2.27. The molecule has 4 nitrogen and oxygen atoms in total. The summed E-state index contributed by atoms with van der Waals surface area (Å²) in [5.41, 5.74) is 6.61. The molecular formula is C13H20N2O2. The van der Waals surface area contributed by atoms with Crippen molar-refractivity contribution in [1.29, 1.82) is 0 Å². The topological polar surface area (TPSA) is 66.6 Å². The average Bonchev–Trinajstić information content (AvgIpc) is 2.27. The number of phenols is 1. The molecule has 0 bridgehead atoms. The van der Waals surface area contributed by atoms with Gasteiger partial charge in [0.25, 0.3) is 5.91 Å². The Kier molecular flexibility index (Phi) is 3.78. The van der Waals surface area contributed by atoms with Crippen LogP contribution < -0.4 is 5.73 Å². The minimum Gasteiger partial charge on any atom is -0.508 e. The number of hydrogen-bond donors (Lipinski definition) is 2. The minimum atomic E-state index is -0.387. The van der Waals surface area contributed by atoms with E-state index in [1.807, 2.05) is 13.8 Å². The summed E-state index contributed by atoms with van der Waals surface area (Å²) in [6, 6.07) is 4.73. The number of rotatable bonds is 3. The van der Waals surface area contributed by atoms with Crippen LogP contribution >= 0.6 is 0 Å². The quantitative estimate of drug-likeness (QED) is 0.836. The summed E-state index contributed by atoms with van der Waals surface area (Å²) in [5.74, 6) is 0.0812. The molecule has 0 aliphatic heterocycles. The summed E-state index contributed by atoms with van der Waals surface area (Å²) in [5, 5.41) is 9.32. The largest absolute Gasteiger partial charge is 0.508 e. The zero-order valence-electron chi connectivity index (χ0n) is 10.8. The first kappa shape index (κ1) is 13.5. The Labute approximate surface area is 102 Å². The van der Waals surface area contributed by atoms with Gasteiger partial charge < -0.3 is 15.7 Å². The third-order valence-electron chi connectivity index (χ3n) is 3.15. The lowest BCUT2D eigenvalue weighted by Crippen LogP contribution is -2.50. The molecule has 0 aromatic heterocycles. The van der Waals surface area contributed by atoms with Gasteiger partial charge in [0.05, 0.1) is 0 Å². The summed E-state index contributed by atoms with van der Waals surface area (Å²) >= 11 is 0. The number of phenolic OH excluding ortho intramolecular Hbond substituents is 1. The molecule has 1 amide bonds. The van der Waals surface area contributed by atoms with Crippen LogP contribution in [-0.2, 0) is 0 Å². The Hall–Kier alpha value is -1.55. The van der Waals surface area contributed by atoms with E-state index < -0.39 is 0 Å². The molecule has 0 radical (unpaired) electrons. The highest BCUT2D eigenvalue weighted by Crippen LogP contribution is 2.20. The van der Waals surface area contributed by atoms with Crippen molar-refractivity contribution in [2.24, 2.45) is 5.73 Å². The molecule has 0 saturated heterocycles. The van der Waals surface area contributed by atoms with Crippen LogP contribution in [0.25, 0.3) is 0 Å². The number of amides is 1. The monoisotopic (exact) mass is 236 g/mol. The summed E-state index contributed by atoms with van der Waals surface area (Å²) in [7, 11) is 1.74. The Morgan fingerprint density at radius 3 is 2.53 bits per heavy atom. The van der Waals surface area contributed by atoms with Gasteiger partial charge in [0.15, 0.2) is 0 Å². The molecule has 0 spiro atoms. The summed E-state index contributed by atoms with van der Waals surface area (Å²) in [4.78, 5) is 13.9. The number of hydrogen-bond acceptors (Lipinski definition) is 3. The summed E-state index contributed by atoms with van der Waals surface area (Å²) in [6.07, 6.45) is 0. The fraction of sp³-hybridized carbons (Fsp3) is 0.462. The second-order valence-electron chi connectivity index (χ2n) is 4.88. The number of nitrogens with two attached hydrogens (primary N) is 1. The number of aryl methyl sites for hydroxylation is 1. The van der Waals surface area contributed by atoms with Crippen LogP contribution in [0.1, 0.15) is 29.8 Å². The molecule has 1 rings (SSSR count). The first-order chi connectivity index (χ1) is 7.79. The fourth-order valence-corrected chi connectivity index (χ4v) is 1.48. The van der Waals surface area contributed by atoms with Crippen molar-refractivity contribution in [1.82, 2.24) is 4.90 Å². The van der Waals surface area contributed by atoms with E-state index in [2.05, 4.69) is 0 Å². The summed E-state index contributed by atoms with van der Waals surface area (Å²) < 4.78 is 0. The zero-order valence-corrected chi connectivity index (χ0v) is 10.8. The molecule has 1 aromatic rings. The highest BCUT2D eigenvalue weighted by molar-refractivity contribution is 5.96. The SMILES string of the molecule is Cc1cc(O)ccc1C(=O)N(C)C(C)(C)CN. The van der Waals surface area contributed by atoms with Crippen molar-refractivity contribution in [3.63, 3.8) is 0 Å². The molecule has 94 valence electrons. The van der Waals surface area contributed by atoms with Gasteiger partial charge in [-0.05, 0) is 44.5 Å². The number of benzene rings is 1. The van der Waals surface area contributed by atoms with Gasteiger partial charge >= 0.3 is 0 Å². The van der Waals surface area contributed by atoms with Crippen LogP contribution in [0.2, 0.25) is 0 Å². The maximum absolute atomic E-state index is 12.3. The second kappa shape index (κ2) is 4.75. The van der Waals surface area contributed by atoms with Gasteiger partial charge in [-0.3, -0.25) is 4.79 Å². The Bertz CT molecular complexity index is 427. The molecule has 0 atom stereocenters. The third-order valence-corrected chi connectivity index (χ3v) is 3.15. The first-order valence-electron chi connectivity index (χ1n) is 5.57. The van der Waals surface area contributed by atoms with Crippen molar-refractivity contribution in [2.45, 2.75) is 26.3 Å². The molecule has 17 heavy (non-hydrogen) atoms. The van der Waals surface area contributed by atoms with E-state index >= 15 is 0 Å². The van der Waals surface area contributed by atoms with E-state index in [1.54, 1.807) is 31.0 Å². The lowest BCUT2D eigenvalue weighted by Gasteiger charge is -2.34. The normalized spacial score (nSPS) is 11.4. The van der Waals surface area contributed by atoms with Crippen molar-refractivity contribution in [3.8, 4) is 5.75 Å². The number of likely N-dealkylation sites (N-methyl/N-ethyl adjacent to an activating group) is 1. The lowest BCUT2D eigenvalue weighted by atomic mass is 10.0. The lowest BCUT2D eigenvalue weighted by molar-refractivity contribution is 0.0639. The number of nitrogens with zero attached hydrogens (tertiary/aromatic N) is 1. The Morgan fingerprint density at radius 1 is 1.47 bits per heavy atom. The number of carbonyl (C=O) groups excluding carboxylic acids is 1. The molecule has 0 aliphatic carbocycles. The molecule has 3 N–H and O–H groups in total. The van der Waals surface area contributed by atoms with E-state index in [1.165, 1.54) is 6.07 Å². The van der Waals surface area contributed by atoms with Gasteiger partial charge in [-0.25, -0.2) is 0 Å². The maximum atomic E-state index is 12.3. The molecule has 1 aromatic carbocycles. The molecule has 0 heterocycles. The van der Waals surface area contributed by atoms with Crippen molar-refractivity contribution in [2.75, 3.05) is 13.6 Å². The van der Waals surface area contributed by atoms with Crippen LogP contribution in [0.4, 0.5) is 0 Å². The van der Waals surface area contributed by atoms with Crippen LogP contribution in [0.3, 0.4) is 0 Å². The Morgan fingerprint density at radius 2 is 2.06 bits per heavy atom. The van der Waals surface area contributed by atoms with Gasteiger partial charge in [-0.2, -0.15) is 0 Å². The van der Waals surface area contributed by atoms with Crippen molar-refractivity contribution in [3.05, 3.63) is 29.3 Å². The number of aromatic hydroxyl groups is 1. The van der Waals surface area contributed by atoms with Crippen LogP contribution in [-0.4, -0.2) is 35.0 Å². The van der Waals surface area contributed by atoms with Crippen molar-refractivity contribution < 1.29 is 9.90 Å². The second-order valence-corrected chi connectivity index (χ2v) is 4.88. The Balaban J connectivity index is 3.05. The zero-order chi connectivity index (χ0) is 13.2. The van der Waals surface area contributed by atoms with Gasteiger partial charge in [0, 0.05) is 24.7 Å². The molecule has 0 fully saturated rings. The molecule has 0 saturated carbocycles. The third kappa shape index (κ3) is 2.77. The minimum absolute atomic E-state index is 0.0852. The van der Waals surface area contributed by atoms with E-state index in [9.17, 15) is 9.90 Å². The highest BCUT2D eigenvalue weighted by atomic mass is 16.3. The van der Waals surface area contributed by atoms with Crippen LogP contribution in [0, 0.1) is 6.92 Å². The van der Waals surface area contributed by atoms with E-state index in [0.29, 0.717) is 12.1 Å². The average molecular weight is 236 g/mol. The molecule has 0 aliphatic rings. The van der Waals surface area contributed by atoms with Crippen molar-refractivity contribution >= 4 is 5.91 Å². The van der Waals surface area contributed by atoms with E-state index in [0.717, 1.165) is 5.56 Å². The fourth-order valence-electron chi connectivity index (χ4n) is 1.48. The van der Waals surface area contributed by atoms with E-state index in [-0.39, 0.29) is 17.2 Å². The van der Waals surface area contributed by atoms with Crippen LogP contribution in [0.5, 0.6) is 5.75 Å². The standard InChI is InChI=1S/C13H20N2O2/c1-9-7-10(16)5-6-11(9)12(17)15(4)13(2,3)8-14/h5-7,16H,8,14H2,1-4H3. The van der Waals surface area contributed by atoms with Gasteiger partial charge in [0.2, 0.25) is 0 Å². The van der Waals surface area contributed by atoms with Gasteiger partial charge in [-0.1, -0.05) is 0 Å². The molecular weight excluding hydrogens is 216 g/mol. The smallest absolute Gasteiger partial charge is 0.254 e. The number of carbonyl (C=O) groups is 1. The summed E-state index contributed by atoms with van der Waals surface area (Å²) in [6.45, 7) is 6.03. The molecule has 4 heteroatoms. The van der Waals surface area contributed by atoms with E-state index in [4.69, 9.17) is 5.73 Å². The first-order valence-corrected chi connectivity index (χ1v) is 5.57. The maximum Gasteiger partial charge on any atom is 0.254 e. The van der Waals surface area contributed by atoms with Gasteiger partial charge in [-0.15, -0.1) is 0 Å². The predicted molar refractivity (Wildman–Crippen MR) is 68.1 cm³/mol.